The molecule has 0 aliphatic heterocycles. The molecule has 24 heavy (non-hydrogen) atoms. The van der Waals surface area contributed by atoms with Gasteiger partial charge in [0.05, 0.1) is 15.8 Å². The number of nitrogens with one attached hydrogen (secondary N) is 1. The monoisotopic (exact) mass is 342 g/mol. The van der Waals surface area contributed by atoms with Crippen LogP contribution in [0.25, 0.3) is 10.9 Å². The molecule has 1 saturated carbocycles. The first-order valence-corrected chi connectivity index (χ1v) is 9.76. The van der Waals surface area contributed by atoms with Crippen LogP contribution >= 0.6 is 11.8 Å². The number of hydrogen-bond donors (Lipinski definition) is 1. The summed E-state index contributed by atoms with van der Waals surface area (Å²) in [6, 6.07) is 8.72. The summed E-state index contributed by atoms with van der Waals surface area (Å²) in [4.78, 5) is 17.3. The van der Waals surface area contributed by atoms with Crippen molar-refractivity contribution >= 4 is 28.6 Å². The molecule has 1 unspecified atom stereocenters. The summed E-state index contributed by atoms with van der Waals surface area (Å²) in [5, 5.41) is 5.21. The Bertz CT molecular complexity index is 738. The highest BCUT2D eigenvalue weighted by Crippen LogP contribution is 2.28. The summed E-state index contributed by atoms with van der Waals surface area (Å²) in [5.41, 5.74) is 3.43. The van der Waals surface area contributed by atoms with Crippen LogP contribution < -0.4 is 5.32 Å². The maximum Gasteiger partial charge on any atom is 0.233 e. The lowest BCUT2D eigenvalue weighted by atomic mass is 9.95. The largest absolute Gasteiger partial charge is 0.352 e. The van der Waals surface area contributed by atoms with Gasteiger partial charge < -0.3 is 5.32 Å². The quantitative estimate of drug-likeness (QED) is 0.813. The minimum Gasteiger partial charge on any atom is -0.352 e. The highest BCUT2D eigenvalue weighted by Gasteiger charge is 2.21. The lowest BCUT2D eigenvalue weighted by Crippen LogP contribution is -2.40. The Morgan fingerprint density at radius 1 is 1.21 bits per heavy atom. The number of carbonyl (C=O) groups excluding carboxylic acids is 1. The molecule has 1 aromatic carbocycles. The minimum absolute atomic E-state index is 0.125. The van der Waals surface area contributed by atoms with Gasteiger partial charge in [0.25, 0.3) is 0 Å². The fourth-order valence-electron chi connectivity index (χ4n) is 3.39. The van der Waals surface area contributed by atoms with E-state index in [0.717, 1.165) is 23.4 Å². The van der Waals surface area contributed by atoms with Gasteiger partial charge in [0.2, 0.25) is 5.91 Å². The summed E-state index contributed by atoms with van der Waals surface area (Å²) in [6.07, 6.45) is 6.01. The molecule has 1 heterocycles. The van der Waals surface area contributed by atoms with E-state index >= 15 is 0 Å². The summed E-state index contributed by atoms with van der Waals surface area (Å²) < 4.78 is 0. The highest BCUT2D eigenvalue weighted by molar-refractivity contribution is 8.00. The second-order valence-electron chi connectivity index (χ2n) is 6.85. The van der Waals surface area contributed by atoms with E-state index in [1.165, 1.54) is 35.8 Å². The molecule has 1 aliphatic carbocycles. The van der Waals surface area contributed by atoms with Gasteiger partial charge in [-0.25, -0.2) is 4.98 Å². The zero-order valence-electron chi connectivity index (χ0n) is 14.8. The van der Waals surface area contributed by atoms with Crippen molar-refractivity contribution in [2.75, 3.05) is 0 Å². The Hall–Kier alpha value is -1.55. The number of pyridine rings is 1. The number of rotatable bonds is 4. The molecule has 1 aromatic heterocycles. The van der Waals surface area contributed by atoms with Gasteiger partial charge in [-0.2, -0.15) is 0 Å². The summed E-state index contributed by atoms with van der Waals surface area (Å²) >= 11 is 1.55. The van der Waals surface area contributed by atoms with E-state index in [0.29, 0.717) is 6.04 Å². The molecule has 1 fully saturated rings. The van der Waals surface area contributed by atoms with E-state index in [1.807, 2.05) is 6.92 Å². The summed E-state index contributed by atoms with van der Waals surface area (Å²) in [6.45, 7) is 6.17. The van der Waals surface area contributed by atoms with Crippen molar-refractivity contribution in [1.82, 2.24) is 10.3 Å². The third kappa shape index (κ3) is 3.92. The average Bonchev–Trinajstić information content (AvgIpc) is 2.57. The standard InChI is InChI=1S/C20H26N2OS/c1-13-8-7-11-17-14(2)12-18(22-19(13)17)24-15(3)20(23)21-16-9-5-4-6-10-16/h7-8,11-12,15-16H,4-6,9-10H2,1-3H3,(H,21,23). The fourth-order valence-corrected chi connectivity index (χ4v) is 4.32. The van der Waals surface area contributed by atoms with Gasteiger partial charge in [0, 0.05) is 11.4 Å². The number of nitrogens with zero attached hydrogens (tertiary/aromatic N) is 1. The zero-order valence-corrected chi connectivity index (χ0v) is 15.6. The first-order valence-electron chi connectivity index (χ1n) is 8.88. The molecule has 0 spiro atoms. The second-order valence-corrected chi connectivity index (χ2v) is 8.21. The van der Waals surface area contributed by atoms with E-state index in [1.54, 1.807) is 11.8 Å². The molecule has 128 valence electrons. The molecule has 4 heteroatoms. The lowest BCUT2D eigenvalue weighted by Gasteiger charge is -2.24. The highest BCUT2D eigenvalue weighted by atomic mass is 32.2. The van der Waals surface area contributed by atoms with Crippen LogP contribution in [0.5, 0.6) is 0 Å². The Morgan fingerprint density at radius 3 is 2.71 bits per heavy atom. The number of hydrogen-bond acceptors (Lipinski definition) is 3. The molecular formula is C20H26N2OS. The maximum atomic E-state index is 12.5. The molecular weight excluding hydrogens is 316 g/mol. The average molecular weight is 343 g/mol. The number of amides is 1. The molecule has 3 rings (SSSR count). The van der Waals surface area contributed by atoms with E-state index in [-0.39, 0.29) is 11.2 Å². The molecule has 0 bridgehead atoms. The first-order chi connectivity index (χ1) is 11.5. The van der Waals surface area contributed by atoms with Crippen LogP contribution in [0.2, 0.25) is 0 Å². The van der Waals surface area contributed by atoms with Crippen molar-refractivity contribution in [3.63, 3.8) is 0 Å². The van der Waals surface area contributed by atoms with Gasteiger partial charge in [-0.15, -0.1) is 0 Å². The Labute approximate surface area is 148 Å². The third-order valence-electron chi connectivity index (χ3n) is 4.84. The second kappa shape index (κ2) is 7.56. The minimum atomic E-state index is -0.125. The molecule has 2 aromatic rings. The summed E-state index contributed by atoms with van der Waals surface area (Å²) in [7, 11) is 0. The topological polar surface area (TPSA) is 42.0 Å². The number of fused-ring (bicyclic) bond motifs is 1. The van der Waals surface area contributed by atoms with Crippen LogP contribution in [0.1, 0.15) is 50.2 Å². The van der Waals surface area contributed by atoms with Gasteiger partial charge in [0.15, 0.2) is 0 Å². The molecule has 1 atom stereocenters. The van der Waals surface area contributed by atoms with E-state index < -0.39 is 0 Å². The predicted octanol–water partition coefficient (Wildman–Crippen LogP) is 4.78. The number of carbonyl (C=O) groups is 1. The molecule has 1 N–H and O–H groups in total. The Kier molecular flexibility index (Phi) is 5.44. The summed E-state index contributed by atoms with van der Waals surface area (Å²) in [5.74, 6) is 0.135. The van der Waals surface area contributed by atoms with Gasteiger partial charge in [0.1, 0.15) is 0 Å². The van der Waals surface area contributed by atoms with Crippen molar-refractivity contribution in [3.8, 4) is 0 Å². The molecule has 3 nitrogen and oxygen atoms in total. The molecule has 0 saturated heterocycles. The lowest BCUT2D eigenvalue weighted by molar-refractivity contribution is -0.121. The van der Waals surface area contributed by atoms with E-state index in [2.05, 4.69) is 43.4 Å². The normalized spacial score (nSPS) is 17.0. The zero-order chi connectivity index (χ0) is 17.1. The van der Waals surface area contributed by atoms with Crippen LogP contribution in [0.4, 0.5) is 0 Å². The first kappa shape index (κ1) is 17.3. The van der Waals surface area contributed by atoms with Crippen molar-refractivity contribution < 1.29 is 4.79 Å². The number of thioether (sulfide) groups is 1. The van der Waals surface area contributed by atoms with Crippen molar-refractivity contribution in [3.05, 3.63) is 35.4 Å². The number of aryl methyl sites for hydroxylation is 2. The third-order valence-corrected chi connectivity index (χ3v) is 5.86. The predicted molar refractivity (Wildman–Crippen MR) is 102 cm³/mol. The van der Waals surface area contributed by atoms with Crippen LogP contribution in [0.3, 0.4) is 0 Å². The van der Waals surface area contributed by atoms with Crippen LogP contribution in [-0.4, -0.2) is 22.2 Å². The van der Waals surface area contributed by atoms with E-state index in [4.69, 9.17) is 4.98 Å². The number of aromatic nitrogens is 1. The Balaban J connectivity index is 1.71. The van der Waals surface area contributed by atoms with Crippen LogP contribution in [0.15, 0.2) is 29.3 Å². The van der Waals surface area contributed by atoms with Crippen molar-refractivity contribution in [1.29, 1.82) is 0 Å². The van der Waals surface area contributed by atoms with Gasteiger partial charge >= 0.3 is 0 Å². The van der Waals surface area contributed by atoms with Gasteiger partial charge in [-0.3, -0.25) is 4.79 Å². The van der Waals surface area contributed by atoms with E-state index in [9.17, 15) is 4.79 Å². The van der Waals surface area contributed by atoms with Crippen LogP contribution in [-0.2, 0) is 4.79 Å². The molecule has 1 amide bonds. The Morgan fingerprint density at radius 2 is 1.96 bits per heavy atom. The van der Waals surface area contributed by atoms with Gasteiger partial charge in [-0.1, -0.05) is 49.2 Å². The van der Waals surface area contributed by atoms with Gasteiger partial charge in [-0.05, 0) is 50.8 Å². The van der Waals surface area contributed by atoms with Crippen LogP contribution in [0, 0.1) is 13.8 Å². The molecule has 1 aliphatic rings. The van der Waals surface area contributed by atoms with Crippen molar-refractivity contribution in [2.24, 2.45) is 0 Å². The number of benzene rings is 1. The number of para-hydroxylation sites is 1. The maximum absolute atomic E-state index is 12.5. The molecule has 0 radical (unpaired) electrons. The SMILES string of the molecule is Cc1cc(SC(C)C(=O)NC2CCCCC2)nc2c(C)cccc12. The van der Waals surface area contributed by atoms with Crippen molar-refractivity contribution in [2.45, 2.75) is 69.2 Å². The fraction of sp³-hybridized carbons (Fsp3) is 0.500. The smallest absolute Gasteiger partial charge is 0.233 e.